The molecular formula is C43H50N12O. The van der Waals surface area contributed by atoms with Crippen LogP contribution in [-0.2, 0) is 13.5 Å². The van der Waals surface area contributed by atoms with E-state index in [-0.39, 0.29) is 5.56 Å². The first-order valence-electron chi connectivity index (χ1n) is 19.3. The van der Waals surface area contributed by atoms with Gasteiger partial charge < -0.3 is 19.6 Å². The van der Waals surface area contributed by atoms with Crippen molar-refractivity contribution >= 4 is 33.6 Å². The van der Waals surface area contributed by atoms with E-state index in [1.54, 1.807) is 15.0 Å². The fourth-order valence-electron chi connectivity index (χ4n) is 7.58. The second-order valence-electron chi connectivity index (χ2n) is 15.4. The van der Waals surface area contributed by atoms with Crippen LogP contribution >= 0.6 is 0 Å². The lowest BCUT2D eigenvalue weighted by molar-refractivity contribution is 0.188. The SMILES string of the molecule is Cc1cc(C2=CCN3C=C(N4CCN(C)CC4)C=CC3=N2)cc2cn(C)nc12.Cc1cn2nc(-c3cc(=O)n4cc(CCCN(C)C)ccc4n3)cc2c(C)n1. The van der Waals surface area contributed by atoms with Crippen molar-refractivity contribution in [3.8, 4) is 11.4 Å². The summed E-state index contributed by atoms with van der Waals surface area (Å²) in [5, 5.41) is 10.3. The lowest BCUT2D eigenvalue weighted by Gasteiger charge is -2.37. The van der Waals surface area contributed by atoms with Crippen molar-refractivity contribution in [3.05, 3.63) is 124 Å². The molecule has 13 heteroatoms. The summed E-state index contributed by atoms with van der Waals surface area (Å²) in [5.74, 6) is 1.01. The zero-order valence-corrected chi connectivity index (χ0v) is 33.4. The summed E-state index contributed by atoms with van der Waals surface area (Å²) < 4.78 is 5.28. The maximum atomic E-state index is 12.7. The van der Waals surface area contributed by atoms with Crippen molar-refractivity contribution in [1.29, 1.82) is 0 Å². The normalized spacial score (nSPS) is 16.0. The van der Waals surface area contributed by atoms with Crippen LogP contribution in [-0.4, -0.2) is 120 Å². The number of piperazine rings is 1. The Bertz CT molecular complexity index is 2630. The molecule has 56 heavy (non-hydrogen) atoms. The fourth-order valence-corrected chi connectivity index (χ4v) is 7.58. The van der Waals surface area contributed by atoms with Gasteiger partial charge >= 0.3 is 0 Å². The van der Waals surface area contributed by atoms with Crippen molar-refractivity contribution in [2.45, 2.75) is 33.6 Å². The molecule has 9 rings (SSSR count). The predicted octanol–water partition coefficient (Wildman–Crippen LogP) is 5.11. The van der Waals surface area contributed by atoms with Crippen molar-refractivity contribution in [2.24, 2.45) is 12.0 Å². The third kappa shape index (κ3) is 7.77. The fraction of sp³-hybridized carbons (Fsp3) is 0.349. The largest absolute Gasteiger partial charge is 0.368 e. The minimum absolute atomic E-state index is 0.0995. The van der Waals surface area contributed by atoms with Gasteiger partial charge in [-0.15, -0.1) is 0 Å². The molecule has 3 aliphatic heterocycles. The van der Waals surface area contributed by atoms with Gasteiger partial charge in [0.15, 0.2) is 0 Å². The van der Waals surface area contributed by atoms with E-state index < -0.39 is 0 Å². The highest BCUT2D eigenvalue weighted by molar-refractivity contribution is 6.00. The average Bonchev–Trinajstić information content (AvgIpc) is 3.79. The molecule has 3 aliphatic rings. The number of amidine groups is 1. The first-order chi connectivity index (χ1) is 27.0. The quantitative estimate of drug-likeness (QED) is 0.220. The number of rotatable bonds is 7. The number of likely N-dealkylation sites (N-methyl/N-ethyl adjacent to an activating group) is 1. The van der Waals surface area contributed by atoms with E-state index in [2.05, 4.69) is 111 Å². The first kappa shape index (κ1) is 37.0. The summed E-state index contributed by atoms with van der Waals surface area (Å²) in [6, 6.07) is 11.8. The molecular weight excluding hydrogens is 701 g/mol. The Kier molecular flexibility index (Phi) is 10.1. The van der Waals surface area contributed by atoms with E-state index >= 15 is 0 Å². The van der Waals surface area contributed by atoms with Crippen LogP contribution in [0.1, 0.15) is 34.5 Å². The van der Waals surface area contributed by atoms with E-state index in [0.717, 1.165) is 103 Å². The van der Waals surface area contributed by atoms with Crippen LogP contribution in [0.4, 0.5) is 0 Å². The molecule has 6 aromatic rings. The Morgan fingerprint density at radius 3 is 2.48 bits per heavy atom. The smallest absolute Gasteiger partial charge is 0.258 e. The van der Waals surface area contributed by atoms with Gasteiger partial charge in [0, 0.05) is 75.4 Å². The lowest BCUT2D eigenvalue weighted by atomic mass is 10.0. The summed E-state index contributed by atoms with van der Waals surface area (Å²) >= 11 is 0. The van der Waals surface area contributed by atoms with E-state index in [0.29, 0.717) is 17.0 Å². The van der Waals surface area contributed by atoms with E-state index in [9.17, 15) is 4.79 Å². The molecule has 0 radical (unpaired) electrons. The number of fused-ring (bicyclic) bond motifs is 4. The number of hydrogen-bond donors (Lipinski definition) is 0. The van der Waals surface area contributed by atoms with Gasteiger partial charge in [-0.1, -0.05) is 6.07 Å². The third-order valence-corrected chi connectivity index (χ3v) is 10.6. The van der Waals surface area contributed by atoms with E-state index in [1.165, 1.54) is 11.3 Å². The van der Waals surface area contributed by atoms with Crippen LogP contribution in [0, 0.1) is 20.8 Å². The maximum Gasteiger partial charge on any atom is 0.258 e. The van der Waals surface area contributed by atoms with Crippen molar-refractivity contribution in [3.63, 3.8) is 0 Å². The monoisotopic (exact) mass is 750 g/mol. The molecule has 0 bridgehead atoms. The molecule has 0 unspecified atom stereocenters. The van der Waals surface area contributed by atoms with Crippen molar-refractivity contribution in [1.82, 2.24) is 53.4 Å². The highest BCUT2D eigenvalue weighted by atomic mass is 16.1. The predicted molar refractivity (Wildman–Crippen MR) is 224 cm³/mol. The number of benzene rings is 1. The zero-order chi connectivity index (χ0) is 39.1. The van der Waals surface area contributed by atoms with E-state index in [1.807, 2.05) is 56.2 Å². The number of aliphatic imine (C=N–C) groups is 1. The summed E-state index contributed by atoms with van der Waals surface area (Å²) in [6.45, 7) is 12.3. The number of nitrogens with zero attached hydrogens (tertiary/aromatic N) is 12. The summed E-state index contributed by atoms with van der Waals surface area (Å²) in [5.41, 5.74) is 11.4. The molecule has 1 aromatic carbocycles. The molecule has 0 amide bonds. The van der Waals surface area contributed by atoms with Crippen LogP contribution in [0.15, 0.2) is 94.9 Å². The standard InChI is InChI=1S/C22H26N6.C21H24N6O/c1-16-12-17(13-18-14-26(3)24-22(16)18)20-6-7-28-15-19(4-5-21(28)23-20)27-10-8-25(2)9-11-27;1-14-12-27-19(15(2)22-14)10-18(24-27)17-11-21(28)26-13-16(6-5-9-25(3)4)7-8-20(26)23-17/h4-6,12-15H,7-11H2,1-3H3;7-8,10-13H,5-6,9H2,1-4H3. The number of aryl methyl sites for hydroxylation is 5. The van der Waals surface area contributed by atoms with Gasteiger partial charge in [-0.05, 0) is 115 Å². The Morgan fingerprint density at radius 1 is 0.857 bits per heavy atom. The molecule has 5 aromatic heterocycles. The minimum Gasteiger partial charge on any atom is -0.368 e. The van der Waals surface area contributed by atoms with Crippen LogP contribution in [0.5, 0.6) is 0 Å². The Labute approximate surface area is 327 Å². The number of allylic oxidation sites excluding steroid dienone is 1. The van der Waals surface area contributed by atoms with Crippen LogP contribution in [0.2, 0.25) is 0 Å². The Hall–Kier alpha value is -5.92. The molecule has 13 nitrogen and oxygen atoms in total. The van der Waals surface area contributed by atoms with Gasteiger partial charge in [0.1, 0.15) is 17.2 Å². The maximum absolute atomic E-state index is 12.7. The van der Waals surface area contributed by atoms with Crippen molar-refractivity contribution in [2.75, 3.05) is 60.4 Å². The topological polar surface area (TPSA) is 108 Å². The highest BCUT2D eigenvalue weighted by Crippen LogP contribution is 2.28. The van der Waals surface area contributed by atoms with Crippen LogP contribution < -0.4 is 5.56 Å². The second-order valence-corrected chi connectivity index (χ2v) is 15.4. The molecule has 8 heterocycles. The number of hydrogen-bond acceptors (Lipinski definition) is 10. The average molecular weight is 751 g/mol. The number of aromatic nitrogens is 7. The molecule has 0 aliphatic carbocycles. The van der Waals surface area contributed by atoms with Crippen molar-refractivity contribution < 1.29 is 0 Å². The number of pyridine rings is 1. The summed E-state index contributed by atoms with van der Waals surface area (Å²) in [4.78, 5) is 36.0. The van der Waals surface area contributed by atoms with Gasteiger partial charge in [-0.3, -0.25) is 18.9 Å². The van der Waals surface area contributed by atoms with Gasteiger partial charge in [0.25, 0.3) is 5.56 Å². The van der Waals surface area contributed by atoms with Gasteiger partial charge in [0.05, 0.1) is 45.7 Å². The van der Waals surface area contributed by atoms with Gasteiger partial charge in [-0.2, -0.15) is 10.2 Å². The Morgan fingerprint density at radius 2 is 1.68 bits per heavy atom. The molecule has 1 saturated heterocycles. The molecule has 0 saturated carbocycles. The summed E-state index contributed by atoms with van der Waals surface area (Å²) in [7, 11) is 8.28. The summed E-state index contributed by atoms with van der Waals surface area (Å²) in [6.07, 6.45) is 16.6. The molecule has 1 fully saturated rings. The van der Waals surface area contributed by atoms with Gasteiger partial charge in [-0.25, -0.2) is 14.5 Å². The lowest BCUT2D eigenvalue weighted by Crippen LogP contribution is -2.44. The second kappa shape index (κ2) is 15.3. The minimum atomic E-state index is -0.0995. The van der Waals surface area contributed by atoms with E-state index in [4.69, 9.17) is 4.99 Å². The highest BCUT2D eigenvalue weighted by Gasteiger charge is 2.22. The molecule has 0 spiro atoms. The third-order valence-electron chi connectivity index (χ3n) is 10.6. The Balaban J connectivity index is 0.000000157. The zero-order valence-electron chi connectivity index (χ0n) is 33.4. The molecule has 288 valence electrons. The van der Waals surface area contributed by atoms with Gasteiger partial charge in [0.2, 0.25) is 0 Å². The molecule has 0 atom stereocenters. The van der Waals surface area contributed by atoms with Crippen LogP contribution in [0.25, 0.3) is 39.2 Å². The molecule has 0 N–H and O–H groups in total. The first-order valence-corrected chi connectivity index (χ1v) is 19.3. The van der Waals surface area contributed by atoms with Crippen LogP contribution in [0.3, 0.4) is 0 Å².